The third-order valence-corrected chi connectivity index (χ3v) is 3.97. The van der Waals surface area contributed by atoms with Crippen molar-refractivity contribution in [1.82, 2.24) is 14.7 Å². The van der Waals surface area contributed by atoms with E-state index in [2.05, 4.69) is 5.10 Å². The molecule has 0 saturated carbocycles. The Morgan fingerprint density at radius 2 is 2.00 bits per heavy atom. The largest absolute Gasteiger partial charge is 0.444 e. The van der Waals surface area contributed by atoms with Crippen molar-refractivity contribution in [2.75, 3.05) is 12.3 Å². The number of fused-ring (bicyclic) bond motifs is 1. The van der Waals surface area contributed by atoms with Gasteiger partial charge in [-0.15, -0.1) is 0 Å². The maximum absolute atomic E-state index is 12.3. The van der Waals surface area contributed by atoms with Gasteiger partial charge in [-0.25, -0.2) is 9.48 Å². The second kappa shape index (κ2) is 6.19. The molecule has 0 spiro atoms. The molecule has 3 rings (SSSR count). The van der Waals surface area contributed by atoms with Crippen LogP contribution in [-0.4, -0.2) is 32.9 Å². The van der Waals surface area contributed by atoms with Crippen LogP contribution >= 0.6 is 0 Å². The van der Waals surface area contributed by atoms with E-state index in [0.29, 0.717) is 31.9 Å². The molecular weight excluding hydrogens is 304 g/mol. The van der Waals surface area contributed by atoms with E-state index in [1.165, 1.54) is 0 Å². The Balaban J connectivity index is 1.76. The Labute approximate surface area is 142 Å². The van der Waals surface area contributed by atoms with E-state index in [1.54, 1.807) is 4.90 Å². The molecule has 6 heteroatoms. The molecule has 0 radical (unpaired) electrons. The van der Waals surface area contributed by atoms with Crippen molar-refractivity contribution in [3.05, 3.63) is 47.2 Å². The fourth-order valence-electron chi connectivity index (χ4n) is 2.81. The van der Waals surface area contributed by atoms with Crippen molar-refractivity contribution in [3.8, 4) is 0 Å². The van der Waals surface area contributed by atoms with Crippen LogP contribution in [0.4, 0.5) is 10.6 Å². The van der Waals surface area contributed by atoms with Gasteiger partial charge in [0.1, 0.15) is 11.4 Å². The molecule has 1 aliphatic heterocycles. The Hall–Kier alpha value is -2.50. The zero-order valence-electron chi connectivity index (χ0n) is 14.5. The van der Waals surface area contributed by atoms with E-state index >= 15 is 0 Å². The minimum atomic E-state index is -0.500. The van der Waals surface area contributed by atoms with Gasteiger partial charge in [0, 0.05) is 18.5 Å². The second-order valence-electron chi connectivity index (χ2n) is 7.11. The van der Waals surface area contributed by atoms with E-state index in [-0.39, 0.29) is 6.09 Å². The summed E-state index contributed by atoms with van der Waals surface area (Å²) in [4.78, 5) is 14.0. The van der Waals surface area contributed by atoms with Gasteiger partial charge in [-0.1, -0.05) is 30.3 Å². The summed E-state index contributed by atoms with van der Waals surface area (Å²) in [6.45, 7) is 7.28. The first-order valence-corrected chi connectivity index (χ1v) is 8.19. The fourth-order valence-corrected chi connectivity index (χ4v) is 2.81. The van der Waals surface area contributed by atoms with E-state index in [9.17, 15) is 4.79 Å². The molecule has 2 heterocycles. The molecule has 1 aromatic carbocycles. The average Bonchev–Trinajstić information content (AvgIpc) is 2.82. The minimum Gasteiger partial charge on any atom is -0.444 e. The molecule has 0 atom stereocenters. The molecule has 0 saturated heterocycles. The Morgan fingerprint density at radius 3 is 2.67 bits per heavy atom. The summed E-state index contributed by atoms with van der Waals surface area (Å²) < 4.78 is 7.27. The number of ether oxygens (including phenoxy) is 1. The van der Waals surface area contributed by atoms with Crippen LogP contribution < -0.4 is 5.73 Å². The average molecular weight is 328 g/mol. The number of aromatic nitrogens is 2. The highest BCUT2D eigenvalue weighted by Crippen LogP contribution is 2.26. The number of benzene rings is 1. The fraction of sp³-hybridized carbons (Fsp3) is 0.444. The smallest absolute Gasteiger partial charge is 0.410 e. The zero-order valence-corrected chi connectivity index (χ0v) is 14.5. The molecule has 1 aliphatic rings. The molecule has 0 aliphatic carbocycles. The monoisotopic (exact) mass is 328 g/mol. The predicted molar refractivity (Wildman–Crippen MR) is 92.5 cm³/mol. The van der Waals surface area contributed by atoms with Gasteiger partial charge in [0.2, 0.25) is 0 Å². The third kappa shape index (κ3) is 3.53. The van der Waals surface area contributed by atoms with Crippen LogP contribution in [0.1, 0.15) is 37.6 Å². The number of hydrogen-bond acceptors (Lipinski definition) is 4. The van der Waals surface area contributed by atoms with Crippen molar-refractivity contribution in [2.24, 2.45) is 0 Å². The summed E-state index contributed by atoms with van der Waals surface area (Å²) in [5.74, 6) is 0.627. The van der Waals surface area contributed by atoms with E-state index in [1.807, 2.05) is 55.8 Å². The highest BCUT2D eigenvalue weighted by Gasteiger charge is 2.29. The molecule has 128 valence electrons. The minimum absolute atomic E-state index is 0.302. The van der Waals surface area contributed by atoms with Crippen LogP contribution in [0.5, 0.6) is 0 Å². The molecule has 0 fully saturated rings. The van der Waals surface area contributed by atoms with Crippen molar-refractivity contribution in [1.29, 1.82) is 0 Å². The van der Waals surface area contributed by atoms with Crippen LogP contribution in [0.2, 0.25) is 0 Å². The maximum Gasteiger partial charge on any atom is 0.410 e. The normalized spacial score (nSPS) is 14.4. The number of carbonyl (C=O) groups excluding carboxylic acids is 1. The number of rotatable bonds is 2. The summed E-state index contributed by atoms with van der Waals surface area (Å²) in [6.07, 6.45) is 0.393. The number of hydrogen-bond donors (Lipinski definition) is 1. The number of anilines is 1. The Kier molecular flexibility index (Phi) is 4.22. The molecule has 24 heavy (non-hydrogen) atoms. The number of carbonyl (C=O) groups is 1. The quantitative estimate of drug-likeness (QED) is 0.920. The number of nitrogen functional groups attached to an aromatic ring is 1. The summed E-state index contributed by atoms with van der Waals surface area (Å²) in [7, 11) is 0. The highest BCUT2D eigenvalue weighted by molar-refractivity contribution is 5.69. The highest BCUT2D eigenvalue weighted by atomic mass is 16.6. The van der Waals surface area contributed by atoms with E-state index < -0.39 is 5.60 Å². The summed E-state index contributed by atoms with van der Waals surface area (Å²) in [5.41, 5.74) is 8.84. The summed E-state index contributed by atoms with van der Waals surface area (Å²) in [5, 5.41) is 4.63. The standard InChI is InChI=1S/C18H24N4O2/c1-18(2,3)24-17(23)21-10-9-15-14(12-21)16(19)22(20-15)11-13-7-5-4-6-8-13/h4-8H,9-12,19H2,1-3H3. The van der Waals surface area contributed by atoms with Gasteiger partial charge in [0.05, 0.1) is 18.8 Å². The van der Waals surface area contributed by atoms with Crippen molar-refractivity contribution >= 4 is 11.9 Å². The molecule has 0 unspecified atom stereocenters. The van der Waals surface area contributed by atoms with Crippen molar-refractivity contribution < 1.29 is 9.53 Å². The lowest BCUT2D eigenvalue weighted by Gasteiger charge is -2.29. The molecular formula is C18H24N4O2. The van der Waals surface area contributed by atoms with Gasteiger partial charge in [0.25, 0.3) is 0 Å². The maximum atomic E-state index is 12.3. The molecule has 1 amide bonds. The number of nitrogens with zero attached hydrogens (tertiary/aromatic N) is 3. The zero-order chi connectivity index (χ0) is 17.3. The van der Waals surface area contributed by atoms with E-state index in [0.717, 1.165) is 16.8 Å². The first-order chi connectivity index (χ1) is 11.3. The lowest BCUT2D eigenvalue weighted by atomic mass is 10.1. The SMILES string of the molecule is CC(C)(C)OC(=O)N1CCc2nn(Cc3ccccc3)c(N)c2C1. The first kappa shape index (κ1) is 16.4. The molecule has 2 N–H and O–H groups in total. The first-order valence-electron chi connectivity index (χ1n) is 8.19. The van der Waals surface area contributed by atoms with Gasteiger partial charge < -0.3 is 15.4 Å². The summed E-state index contributed by atoms with van der Waals surface area (Å²) >= 11 is 0. The topological polar surface area (TPSA) is 73.4 Å². The Bertz CT molecular complexity index is 731. The number of nitrogens with two attached hydrogens (primary N) is 1. The van der Waals surface area contributed by atoms with Crippen LogP contribution in [0.25, 0.3) is 0 Å². The Morgan fingerprint density at radius 1 is 1.29 bits per heavy atom. The van der Waals surface area contributed by atoms with Crippen LogP contribution in [0, 0.1) is 0 Å². The second-order valence-corrected chi connectivity index (χ2v) is 7.11. The van der Waals surface area contributed by atoms with Crippen LogP contribution in [-0.2, 0) is 24.2 Å². The lowest BCUT2D eigenvalue weighted by Crippen LogP contribution is -2.39. The molecule has 6 nitrogen and oxygen atoms in total. The molecule has 2 aromatic rings. The molecule has 0 bridgehead atoms. The summed E-state index contributed by atoms with van der Waals surface area (Å²) in [6, 6.07) is 10.1. The van der Waals surface area contributed by atoms with Gasteiger partial charge in [-0.3, -0.25) is 0 Å². The third-order valence-electron chi connectivity index (χ3n) is 3.97. The van der Waals surface area contributed by atoms with Gasteiger partial charge >= 0.3 is 6.09 Å². The van der Waals surface area contributed by atoms with Crippen molar-refractivity contribution in [2.45, 2.75) is 45.9 Å². The molecule has 1 aromatic heterocycles. The van der Waals surface area contributed by atoms with Gasteiger partial charge in [-0.05, 0) is 26.3 Å². The van der Waals surface area contributed by atoms with Gasteiger partial charge in [-0.2, -0.15) is 5.10 Å². The number of amides is 1. The van der Waals surface area contributed by atoms with Gasteiger partial charge in [0.15, 0.2) is 0 Å². The van der Waals surface area contributed by atoms with E-state index in [4.69, 9.17) is 10.5 Å². The van der Waals surface area contributed by atoms with Crippen LogP contribution in [0.3, 0.4) is 0 Å². The van der Waals surface area contributed by atoms with Crippen LogP contribution in [0.15, 0.2) is 30.3 Å². The van der Waals surface area contributed by atoms with Crippen molar-refractivity contribution in [3.63, 3.8) is 0 Å². The predicted octanol–water partition coefficient (Wildman–Crippen LogP) is 2.81. The lowest BCUT2D eigenvalue weighted by molar-refractivity contribution is 0.0224.